The number of benzene rings is 2. The fourth-order valence-corrected chi connectivity index (χ4v) is 2.59. The van der Waals surface area contributed by atoms with Crippen molar-refractivity contribution in [3.63, 3.8) is 0 Å². The summed E-state index contributed by atoms with van der Waals surface area (Å²) < 4.78 is 16.2. The first-order valence-electron chi connectivity index (χ1n) is 9.07. The molecule has 0 aliphatic rings. The molecule has 0 bridgehead atoms. The second kappa shape index (κ2) is 10.2. The molecular weight excluding hydrogens is 360 g/mol. The third-order valence-electron chi connectivity index (χ3n) is 3.87. The van der Waals surface area contributed by atoms with Crippen LogP contribution in [0, 0.1) is 0 Å². The van der Waals surface area contributed by atoms with E-state index in [9.17, 15) is 9.59 Å². The van der Waals surface area contributed by atoms with Gasteiger partial charge in [-0.25, -0.2) is 0 Å². The lowest BCUT2D eigenvalue weighted by molar-refractivity contribution is -0.116. The van der Waals surface area contributed by atoms with Gasteiger partial charge in [0.2, 0.25) is 5.91 Å². The highest BCUT2D eigenvalue weighted by molar-refractivity contribution is 5.99. The van der Waals surface area contributed by atoms with E-state index in [1.54, 1.807) is 49.5 Å². The van der Waals surface area contributed by atoms with E-state index in [0.29, 0.717) is 41.7 Å². The molecular formula is C21H26N2O5. The van der Waals surface area contributed by atoms with E-state index in [-0.39, 0.29) is 18.4 Å². The number of likely N-dealkylation sites (N-methyl/N-ethyl adjacent to an activating group) is 1. The standard InChI is InChI=1S/C21H26N2O5/c1-5-27-18-11-10-16(13-19(18)28-6-2)22-20(24)14-23(3)21(25)15-8-7-9-17(12-15)26-4/h7-13H,5-6,14H2,1-4H3,(H,22,24). The minimum Gasteiger partial charge on any atom is -0.497 e. The summed E-state index contributed by atoms with van der Waals surface area (Å²) in [4.78, 5) is 26.2. The van der Waals surface area contributed by atoms with Crippen molar-refractivity contribution < 1.29 is 23.8 Å². The summed E-state index contributed by atoms with van der Waals surface area (Å²) in [5.41, 5.74) is 1.02. The molecule has 0 radical (unpaired) electrons. The molecule has 0 saturated heterocycles. The summed E-state index contributed by atoms with van der Waals surface area (Å²) in [6.45, 7) is 4.67. The van der Waals surface area contributed by atoms with Crippen LogP contribution in [0.4, 0.5) is 5.69 Å². The Labute approximate surface area is 165 Å². The van der Waals surface area contributed by atoms with Gasteiger partial charge in [0.05, 0.1) is 26.9 Å². The smallest absolute Gasteiger partial charge is 0.254 e. The number of nitrogens with one attached hydrogen (secondary N) is 1. The third kappa shape index (κ3) is 5.64. The molecule has 2 amide bonds. The van der Waals surface area contributed by atoms with E-state index < -0.39 is 0 Å². The van der Waals surface area contributed by atoms with Crippen molar-refractivity contribution in [2.45, 2.75) is 13.8 Å². The number of anilines is 1. The molecule has 0 aliphatic carbocycles. The molecule has 0 fully saturated rings. The van der Waals surface area contributed by atoms with E-state index >= 15 is 0 Å². The first-order chi connectivity index (χ1) is 13.5. The molecule has 0 saturated carbocycles. The maximum atomic E-state index is 12.5. The second-order valence-electron chi connectivity index (χ2n) is 5.97. The fourth-order valence-electron chi connectivity index (χ4n) is 2.59. The predicted octanol–water partition coefficient (Wildman–Crippen LogP) is 3.20. The lowest BCUT2D eigenvalue weighted by Gasteiger charge is -2.18. The maximum Gasteiger partial charge on any atom is 0.254 e. The Morgan fingerprint density at radius 2 is 1.71 bits per heavy atom. The molecule has 0 atom stereocenters. The van der Waals surface area contributed by atoms with Gasteiger partial charge in [-0.3, -0.25) is 9.59 Å². The summed E-state index contributed by atoms with van der Waals surface area (Å²) in [5.74, 6) is 1.18. The van der Waals surface area contributed by atoms with Crippen molar-refractivity contribution in [2.24, 2.45) is 0 Å². The minimum atomic E-state index is -0.314. The summed E-state index contributed by atoms with van der Waals surface area (Å²) in [5, 5.41) is 2.78. The van der Waals surface area contributed by atoms with Crippen molar-refractivity contribution in [3.8, 4) is 17.2 Å². The van der Waals surface area contributed by atoms with Crippen LogP contribution in [-0.2, 0) is 4.79 Å². The van der Waals surface area contributed by atoms with E-state index in [0.717, 1.165) is 0 Å². The largest absolute Gasteiger partial charge is 0.497 e. The summed E-state index contributed by atoms with van der Waals surface area (Å²) in [6, 6.07) is 12.0. The van der Waals surface area contributed by atoms with Crippen LogP contribution in [0.15, 0.2) is 42.5 Å². The number of amides is 2. The summed E-state index contributed by atoms with van der Waals surface area (Å²) in [7, 11) is 3.11. The van der Waals surface area contributed by atoms with Crippen molar-refractivity contribution in [1.82, 2.24) is 4.90 Å². The van der Waals surface area contributed by atoms with Gasteiger partial charge in [0.15, 0.2) is 11.5 Å². The highest BCUT2D eigenvalue weighted by Crippen LogP contribution is 2.30. The average molecular weight is 386 g/mol. The van der Waals surface area contributed by atoms with Gasteiger partial charge in [0.1, 0.15) is 5.75 Å². The van der Waals surface area contributed by atoms with Crippen LogP contribution >= 0.6 is 0 Å². The Bertz CT molecular complexity index is 822. The molecule has 7 heteroatoms. The second-order valence-corrected chi connectivity index (χ2v) is 5.97. The first kappa shape index (κ1) is 21.1. The lowest BCUT2D eigenvalue weighted by atomic mass is 10.2. The number of nitrogens with zero attached hydrogens (tertiary/aromatic N) is 1. The van der Waals surface area contributed by atoms with Gasteiger partial charge >= 0.3 is 0 Å². The molecule has 0 unspecified atom stereocenters. The van der Waals surface area contributed by atoms with E-state index in [1.165, 1.54) is 12.0 Å². The van der Waals surface area contributed by atoms with E-state index in [1.807, 2.05) is 13.8 Å². The highest BCUT2D eigenvalue weighted by atomic mass is 16.5. The van der Waals surface area contributed by atoms with Crippen molar-refractivity contribution in [3.05, 3.63) is 48.0 Å². The van der Waals surface area contributed by atoms with E-state index in [2.05, 4.69) is 5.32 Å². The van der Waals surface area contributed by atoms with Crippen LogP contribution in [0.5, 0.6) is 17.2 Å². The minimum absolute atomic E-state index is 0.0901. The number of hydrogen-bond donors (Lipinski definition) is 1. The topological polar surface area (TPSA) is 77.1 Å². The Morgan fingerprint density at radius 3 is 2.39 bits per heavy atom. The SMILES string of the molecule is CCOc1ccc(NC(=O)CN(C)C(=O)c2cccc(OC)c2)cc1OCC. The zero-order valence-electron chi connectivity index (χ0n) is 16.7. The van der Waals surface area contributed by atoms with Gasteiger partial charge in [0.25, 0.3) is 5.91 Å². The number of ether oxygens (including phenoxy) is 3. The monoisotopic (exact) mass is 386 g/mol. The number of methoxy groups -OCH3 is 1. The summed E-state index contributed by atoms with van der Waals surface area (Å²) in [6.07, 6.45) is 0. The first-order valence-corrected chi connectivity index (χ1v) is 9.07. The Kier molecular flexibility index (Phi) is 7.68. The third-order valence-corrected chi connectivity index (χ3v) is 3.87. The molecule has 0 aliphatic heterocycles. The number of carbonyl (C=O) groups excluding carboxylic acids is 2. The zero-order valence-corrected chi connectivity index (χ0v) is 16.7. The van der Waals surface area contributed by atoms with Crippen molar-refractivity contribution in [1.29, 1.82) is 0 Å². The molecule has 0 aromatic heterocycles. The normalized spacial score (nSPS) is 10.1. The Balaban J connectivity index is 2.02. The van der Waals surface area contributed by atoms with Crippen LogP contribution < -0.4 is 19.5 Å². The lowest BCUT2D eigenvalue weighted by Crippen LogP contribution is -2.34. The molecule has 2 rings (SSSR count). The van der Waals surface area contributed by atoms with Crippen LogP contribution in [0.3, 0.4) is 0 Å². The summed E-state index contributed by atoms with van der Waals surface area (Å²) >= 11 is 0. The van der Waals surface area contributed by atoms with Gasteiger partial charge in [-0.05, 0) is 44.2 Å². The molecule has 2 aromatic rings. The van der Waals surface area contributed by atoms with Crippen LogP contribution in [0.1, 0.15) is 24.2 Å². The van der Waals surface area contributed by atoms with Gasteiger partial charge < -0.3 is 24.4 Å². The molecule has 1 N–H and O–H groups in total. The molecule has 7 nitrogen and oxygen atoms in total. The van der Waals surface area contributed by atoms with Crippen LogP contribution in [0.2, 0.25) is 0 Å². The molecule has 2 aromatic carbocycles. The van der Waals surface area contributed by atoms with Gasteiger partial charge in [-0.15, -0.1) is 0 Å². The van der Waals surface area contributed by atoms with Crippen LogP contribution in [0.25, 0.3) is 0 Å². The van der Waals surface area contributed by atoms with Gasteiger partial charge in [-0.1, -0.05) is 6.07 Å². The Hall–Kier alpha value is -3.22. The maximum absolute atomic E-state index is 12.5. The number of hydrogen-bond acceptors (Lipinski definition) is 5. The number of carbonyl (C=O) groups is 2. The van der Waals surface area contributed by atoms with Gasteiger partial charge in [0, 0.05) is 24.4 Å². The van der Waals surface area contributed by atoms with Crippen molar-refractivity contribution >= 4 is 17.5 Å². The van der Waals surface area contributed by atoms with Crippen LogP contribution in [-0.4, -0.2) is 50.6 Å². The zero-order chi connectivity index (χ0) is 20.5. The van der Waals surface area contributed by atoms with Crippen molar-refractivity contribution in [2.75, 3.05) is 39.2 Å². The average Bonchev–Trinajstić information content (AvgIpc) is 2.69. The molecule has 150 valence electrons. The highest BCUT2D eigenvalue weighted by Gasteiger charge is 2.16. The van der Waals surface area contributed by atoms with Gasteiger partial charge in [-0.2, -0.15) is 0 Å². The van der Waals surface area contributed by atoms with E-state index in [4.69, 9.17) is 14.2 Å². The fraction of sp³-hybridized carbons (Fsp3) is 0.333. The molecule has 0 spiro atoms. The Morgan fingerprint density at radius 1 is 1.00 bits per heavy atom. The quantitative estimate of drug-likeness (QED) is 0.716. The molecule has 0 heterocycles. The predicted molar refractivity (Wildman–Crippen MR) is 107 cm³/mol. The number of rotatable bonds is 9. The molecule has 28 heavy (non-hydrogen) atoms.